The highest BCUT2D eigenvalue weighted by Gasteiger charge is 2.19. The lowest BCUT2D eigenvalue weighted by molar-refractivity contribution is -0.138. The second kappa shape index (κ2) is 6.51. The molecule has 0 aliphatic heterocycles. The van der Waals surface area contributed by atoms with E-state index in [0.717, 1.165) is 38.5 Å². The summed E-state index contributed by atoms with van der Waals surface area (Å²) < 4.78 is 0. The molecular formula is C12H21NO3. The third-order valence-corrected chi connectivity index (χ3v) is 3.20. The van der Waals surface area contributed by atoms with Crippen LogP contribution < -0.4 is 5.32 Å². The van der Waals surface area contributed by atoms with Crippen LogP contribution in [0.3, 0.4) is 0 Å². The zero-order chi connectivity index (χ0) is 12.0. The van der Waals surface area contributed by atoms with E-state index in [9.17, 15) is 9.59 Å². The Balaban J connectivity index is 2.31. The van der Waals surface area contributed by atoms with Crippen molar-refractivity contribution in [3.63, 3.8) is 0 Å². The molecule has 0 unspecified atom stereocenters. The maximum atomic E-state index is 10.9. The van der Waals surface area contributed by atoms with E-state index >= 15 is 0 Å². The molecule has 4 heteroatoms. The number of carboxylic acid groups (broad SMARTS) is 1. The van der Waals surface area contributed by atoms with E-state index in [0.29, 0.717) is 18.4 Å². The van der Waals surface area contributed by atoms with Gasteiger partial charge >= 0.3 is 5.97 Å². The maximum Gasteiger partial charge on any atom is 0.303 e. The van der Waals surface area contributed by atoms with E-state index in [2.05, 4.69) is 5.32 Å². The van der Waals surface area contributed by atoms with Crippen molar-refractivity contribution in [3.8, 4) is 0 Å². The minimum absolute atomic E-state index is 0.0349. The highest BCUT2D eigenvalue weighted by Crippen LogP contribution is 2.24. The lowest BCUT2D eigenvalue weighted by Crippen LogP contribution is -2.34. The number of carboxylic acids is 1. The maximum absolute atomic E-state index is 10.9. The predicted molar refractivity (Wildman–Crippen MR) is 61.0 cm³/mol. The number of nitrogens with one attached hydrogen (secondary N) is 1. The standard InChI is InChI=1S/C12H21NO3/c1-9(14)13-11-6-2-4-10(5-3-7-11)8-12(15)16/h10-11H,2-8H2,1H3,(H,13,14)(H,15,16). The molecule has 1 rings (SSSR count). The summed E-state index contributed by atoms with van der Waals surface area (Å²) in [5.41, 5.74) is 0. The van der Waals surface area contributed by atoms with Crippen molar-refractivity contribution < 1.29 is 14.7 Å². The number of amides is 1. The van der Waals surface area contributed by atoms with Crippen molar-refractivity contribution in [1.29, 1.82) is 0 Å². The molecule has 1 amide bonds. The third kappa shape index (κ3) is 5.14. The normalized spacial score (nSPS) is 26.6. The van der Waals surface area contributed by atoms with Crippen LogP contribution in [0, 0.1) is 5.92 Å². The fourth-order valence-electron chi connectivity index (χ4n) is 2.48. The van der Waals surface area contributed by atoms with Gasteiger partial charge in [-0.3, -0.25) is 9.59 Å². The molecule has 1 saturated carbocycles. The quantitative estimate of drug-likeness (QED) is 0.774. The highest BCUT2D eigenvalue weighted by molar-refractivity contribution is 5.73. The van der Waals surface area contributed by atoms with Gasteiger partial charge in [0.25, 0.3) is 0 Å². The van der Waals surface area contributed by atoms with Gasteiger partial charge in [-0.15, -0.1) is 0 Å². The molecule has 4 nitrogen and oxygen atoms in total. The second-order valence-corrected chi connectivity index (χ2v) is 4.72. The fourth-order valence-corrected chi connectivity index (χ4v) is 2.48. The Morgan fingerprint density at radius 3 is 2.19 bits per heavy atom. The molecule has 2 N–H and O–H groups in total. The first-order valence-corrected chi connectivity index (χ1v) is 6.07. The monoisotopic (exact) mass is 227 g/mol. The van der Waals surface area contributed by atoms with Crippen molar-refractivity contribution in [3.05, 3.63) is 0 Å². The summed E-state index contributed by atoms with van der Waals surface area (Å²) >= 11 is 0. The third-order valence-electron chi connectivity index (χ3n) is 3.20. The smallest absolute Gasteiger partial charge is 0.303 e. The molecule has 0 atom stereocenters. The summed E-state index contributed by atoms with van der Waals surface area (Å²) in [4.78, 5) is 21.5. The summed E-state index contributed by atoms with van der Waals surface area (Å²) in [6.45, 7) is 1.55. The molecule has 0 aromatic rings. The van der Waals surface area contributed by atoms with Gasteiger partial charge in [-0.1, -0.05) is 12.8 Å². The Morgan fingerprint density at radius 2 is 1.75 bits per heavy atom. The Kier molecular flexibility index (Phi) is 5.29. The lowest BCUT2D eigenvalue weighted by atomic mass is 9.87. The molecule has 1 aliphatic carbocycles. The Labute approximate surface area is 96.4 Å². The molecule has 0 aromatic heterocycles. The molecule has 0 spiro atoms. The van der Waals surface area contributed by atoms with Crippen LogP contribution in [-0.2, 0) is 9.59 Å². The van der Waals surface area contributed by atoms with Crippen molar-refractivity contribution >= 4 is 11.9 Å². The molecule has 0 bridgehead atoms. The SMILES string of the molecule is CC(=O)NC1CCCC(CC(=O)O)CCC1. The summed E-state index contributed by atoms with van der Waals surface area (Å²) in [7, 11) is 0. The predicted octanol–water partition coefficient (Wildman–Crippen LogP) is 1.94. The van der Waals surface area contributed by atoms with Gasteiger partial charge in [0.15, 0.2) is 0 Å². The first kappa shape index (κ1) is 13.0. The first-order valence-electron chi connectivity index (χ1n) is 6.07. The van der Waals surface area contributed by atoms with Crippen molar-refractivity contribution in [2.45, 2.75) is 57.9 Å². The summed E-state index contributed by atoms with van der Waals surface area (Å²) in [6.07, 6.45) is 6.24. The number of hydrogen-bond donors (Lipinski definition) is 2. The van der Waals surface area contributed by atoms with Crippen molar-refractivity contribution in [1.82, 2.24) is 5.32 Å². The number of rotatable bonds is 3. The molecule has 1 fully saturated rings. The minimum atomic E-state index is -0.691. The van der Waals surface area contributed by atoms with Gasteiger partial charge in [-0.2, -0.15) is 0 Å². The number of carbonyl (C=O) groups excluding carboxylic acids is 1. The van der Waals surface area contributed by atoms with E-state index in [1.165, 1.54) is 0 Å². The van der Waals surface area contributed by atoms with E-state index in [-0.39, 0.29) is 5.91 Å². The Hall–Kier alpha value is -1.06. The lowest BCUT2D eigenvalue weighted by Gasteiger charge is -2.24. The zero-order valence-corrected chi connectivity index (χ0v) is 9.87. The van der Waals surface area contributed by atoms with Gasteiger partial charge < -0.3 is 10.4 Å². The molecule has 0 saturated heterocycles. The van der Waals surface area contributed by atoms with Crippen LogP contribution in [-0.4, -0.2) is 23.0 Å². The number of carbonyl (C=O) groups is 2. The van der Waals surface area contributed by atoms with Crippen LogP contribution in [0.5, 0.6) is 0 Å². The van der Waals surface area contributed by atoms with Crippen LogP contribution >= 0.6 is 0 Å². The van der Waals surface area contributed by atoms with Crippen molar-refractivity contribution in [2.24, 2.45) is 5.92 Å². The largest absolute Gasteiger partial charge is 0.481 e. The molecule has 92 valence electrons. The average Bonchev–Trinajstić information content (AvgIpc) is 2.11. The molecule has 0 aromatic carbocycles. The molecule has 0 radical (unpaired) electrons. The Morgan fingerprint density at radius 1 is 1.19 bits per heavy atom. The van der Waals surface area contributed by atoms with Crippen molar-refractivity contribution in [2.75, 3.05) is 0 Å². The van der Waals surface area contributed by atoms with Gasteiger partial charge in [-0.05, 0) is 31.6 Å². The molecule has 0 heterocycles. The van der Waals surface area contributed by atoms with Crippen LogP contribution in [0.25, 0.3) is 0 Å². The summed E-state index contributed by atoms with van der Waals surface area (Å²) in [6, 6.07) is 0.295. The average molecular weight is 227 g/mol. The summed E-state index contributed by atoms with van der Waals surface area (Å²) in [5.74, 6) is -0.326. The van der Waals surface area contributed by atoms with Crippen LogP contribution in [0.2, 0.25) is 0 Å². The van der Waals surface area contributed by atoms with Gasteiger partial charge in [0.05, 0.1) is 0 Å². The van der Waals surface area contributed by atoms with Crippen LogP contribution in [0.15, 0.2) is 0 Å². The van der Waals surface area contributed by atoms with Crippen LogP contribution in [0.1, 0.15) is 51.9 Å². The molecular weight excluding hydrogens is 206 g/mol. The van der Waals surface area contributed by atoms with Gasteiger partial charge in [0.2, 0.25) is 5.91 Å². The van der Waals surface area contributed by atoms with E-state index in [4.69, 9.17) is 5.11 Å². The van der Waals surface area contributed by atoms with Gasteiger partial charge in [-0.25, -0.2) is 0 Å². The molecule has 16 heavy (non-hydrogen) atoms. The van der Waals surface area contributed by atoms with E-state index < -0.39 is 5.97 Å². The topological polar surface area (TPSA) is 66.4 Å². The Bertz CT molecular complexity index is 219. The van der Waals surface area contributed by atoms with Crippen LogP contribution in [0.4, 0.5) is 0 Å². The number of hydrogen-bond acceptors (Lipinski definition) is 2. The highest BCUT2D eigenvalue weighted by atomic mass is 16.4. The van der Waals surface area contributed by atoms with E-state index in [1.54, 1.807) is 6.92 Å². The van der Waals surface area contributed by atoms with Gasteiger partial charge in [0, 0.05) is 19.4 Å². The summed E-state index contributed by atoms with van der Waals surface area (Å²) in [5, 5.41) is 11.7. The number of aliphatic carboxylic acids is 1. The fraction of sp³-hybridized carbons (Fsp3) is 0.833. The minimum Gasteiger partial charge on any atom is -0.481 e. The first-order chi connectivity index (χ1) is 7.58. The second-order valence-electron chi connectivity index (χ2n) is 4.72. The zero-order valence-electron chi connectivity index (χ0n) is 9.87. The van der Waals surface area contributed by atoms with E-state index in [1.807, 2.05) is 0 Å². The van der Waals surface area contributed by atoms with Gasteiger partial charge in [0.1, 0.15) is 0 Å². The molecule has 1 aliphatic rings.